The van der Waals surface area contributed by atoms with E-state index in [1.165, 1.54) is 11.3 Å². The van der Waals surface area contributed by atoms with Gasteiger partial charge in [0.05, 0.1) is 11.5 Å². The molecule has 0 atom stereocenters. The minimum Gasteiger partial charge on any atom is -0.370 e. The third kappa shape index (κ3) is 5.51. The molecule has 1 amide bonds. The molecular weight excluding hydrogens is 314 g/mol. The van der Waals surface area contributed by atoms with Gasteiger partial charge in [-0.05, 0) is 18.6 Å². The number of hydrogen-bond donors (Lipinski definition) is 1. The number of rotatable bonds is 7. The average molecular weight is 339 g/mol. The van der Waals surface area contributed by atoms with Crippen LogP contribution in [0, 0.1) is 6.92 Å². The summed E-state index contributed by atoms with van der Waals surface area (Å²) in [5.41, 5.74) is 7.51. The van der Waals surface area contributed by atoms with E-state index in [2.05, 4.69) is 28.9 Å². The zero-order valence-electron chi connectivity index (χ0n) is 13.6. The third-order valence-corrected chi connectivity index (χ3v) is 5.84. The Labute approximate surface area is 138 Å². The fraction of sp³-hybridized carbons (Fsp3) is 0.562. The standard InChI is InChI=1S/C16H25N3O3S/c1-14-4-2-3-5-15(14)19-9-7-18(8-10-19)11-13-23(21,22)12-6-16(17)20/h2-5H,6-13H2,1H3,(H2,17,20). The highest BCUT2D eigenvalue weighted by molar-refractivity contribution is 7.91. The fourth-order valence-corrected chi connectivity index (χ4v) is 4.01. The van der Waals surface area contributed by atoms with Crippen molar-refractivity contribution in [3.05, 3.63) is 29.8 Å². The molecule has 1 aromatic rings. The van der Waals surface area contributed by atoms with Gasteiger partial charge in [-0.1, -0.05) is 18.2 Å². The maximum Gasteiger partial charge on any atom is 0.218 e. The first-order valence-corrected chi connectivity index (χ1v) is 9.71. The molecular formula is C16H25N3O3S. The summed E-state index contributed by atoms with van der Waals surface area (Å²) < 4.78 is 23.7. The Morgan fingerprint density at radius 2 is 1.78 bits per heavy atom. The lowest BCUT2D eigenvalue weighted by Gasteiger charge is -2.36. The number of sulfone groups is 1. The Balaban J connectivity index is 1.79. The SMILES string of the molecule is Cc1ccccc1N1CCN(CCS(=O)(=O)CCC(N)=O)CC1. The Hall–Kier alpha value is -1.60. The van der Waals surface area contributed by atoms with Crippen LogP contribution in [-0.2, 0) is 14.6 Å². The first-order valence-electron chi connectivity index (χ1n) is 7.89. The maximum absolute atomic E-state index is 11.9. The van der Waals surface area contributed by atoms with Crippen LogP contribution in [0.2, 0.25) is 0 Å². The van der Waals surface area contributed by atoms with Crippen LogP contribution in [-0.4, -0.2) is 63.5 Å². The number of amides is 1. The van der Waals surface area contributed by atoms with Gasteiger partial charge in [0.25, 0.3) is 0 Å². The van der Waals surface area contributed by atoms with Crippen LogP contribution >= 0.6 is 0 Å². The highest BCUT2D eigenvalue weighted by Gasteiger charge is 2.20. The van der Waals surface area contributed by atoms with Crippen molar-refractivity contribution in [1.29, 1.82) is 0 Å². The summed E-state index contributed by atoms with van der Waals surface area (Å²) in [5, 5.41) is 0. The van der Waals surface area contributed by atoms with Gasteiger partial charge in [-0.3, -0.25) is 9.69 Å². The highest BCUT2D eigenvalue weighted by atomic mass is 32.2. The van der Waals surface area contributed by atoms with Gasteiger partial charge in [0.1, 0.15) is 0 Å². The second kappa shape index (κ2) is 7.79. The molecule has 1 fully saturated rings. The van der Waals surface area contributed by atoms with Crippen molar-refractivity contribution in [1.82, 2.24) is 4.90 Å². The zero-order chi connectivity index (χ0) is 16.9. The van der Waals surface area contributed by atoms with E-state index in [0.717, 1.165) is 26.2 Å². The molecule has 1 saturated heterocycles. The summed E-state index contributed by atoms with van der Waals surface area (Å²) in [4.78, 5) is 15.2. The predicted octanol–water partition coefficient (Wildman–Crippen LogP) is 0.407. The molecule has 1 heterocycles. The number of para-hydroxylation sites is 1. The van der Waals surface area contributed by atoms with Crippen LogP contribution < -0.4 is 10.6 Å². The summed E-state index contributed by atoms with van der Waals surface area (Å²) in [6.07, 6.45) is -0.0939. The van der Waals surface area contributed by atoms with Crippen LogP contribution in [0.15, 0.2) is 24.3 Å². The molecule has 0 aromatic heterocycles. The molecule has 2 N–H and O–H groups in total. The number of hydrogen-bond acceptors (Lipinski definition) is 5. The van der Waals surface area contributed by atoms with Crippen LogP contribution in [0.4, 0.5) is 5.69 Å². The molecule has 0 bridgehead atoms. The van der Waals surface area contributed by atoms with Crippen LogP contribution in [0.25, 0.3) is 0 Å². The number of aryl methyl sites for hydroxylation is 1. The Kier molecular flexibility index (Phi) is 6.01. The van der Waals surface area contributed by atoms with Gasteiger partial charge in [0.2, 0.25) is 5.91 Å². The number of nitrogens with zero attached hydrogens (tertiary/aromatic N) is 2. The van der Waals surface area contributed by atoms with Crippen LogP contribution in [0.1, 0.15) is 12.0 Å². The van der Waals surface area contributed by atoms with E-state index in [1.54, 1.807) is 0 Å². The normalized spacial score (nSPS) is 16.5. The maximum atomic E-state index is 11.9. The summed E-state index contributed by atoms with van der Waals surface area (Å²) >= 11 is 0. The van der Waals surface area contributed by atoms with Crippen molar-refractivity contribution in [2.24, 2.45) is 5.73 Å². The molecule has 0 radical (unpaired) electrons. The molecule has 1 aromatic carbocycles. The third-order valence-electron chi connectivity index (χ3n) is 4.21. The van der Waals surface area contributed by atoms with Gasteiger partial charge in [0.15, 0.2) is 9.84 Å². The largest absolute Gasteiger partial charge is 0.370 e. The van der Waals surface area contributed by atoms with Gasteiger partial charge >= 0.3 is 0 Å². The molecule has 0 aliphatic carbocycles. The molecule has 1 aliphatic heterocycles. The van der Waals surface area contributed by atoms with E-state index in [4.69, 9.17) is 5.73 Å². The van der Waals surface area contributed by atoms with Crippen molar-refractivity contribution in [3.63, 3.8) is 0 Å². The number of benzene rings is 1. The van der Waals surface area contributed by atoms with Crippen LogP contribution in [0.3, 0.4) is 0 Å². The number of anilines is 1. The monoisotopic (exact) mass is 339 g/mol. The van der Waals surface area contributed by atoms with Gasteiger partial charge < -0.3 is 10.6 Å². The predicted molar refractivity (Wildman–Crippen MR) is 92.3 cm³/mol. The first-order chi connectivity index (χ1) is 10.9. The number of carbonyl (C=O) groups is 1. The molecule has 1 aliphatic rings. The number of piperazine rings is 1. The van der Waals surface area contributed by atoms with Crippen molar-refractivity contribution in [3.8, 4) is 0 Å². The summed E-state index contributed by atoms with van der Waals surface area (Å²) in [7, 11) is -3.20. The van der Waals surface area contributed by atoms with Gasteiger partial charge in [-0.2, -0.15) is 0 Å². The summed E-state index contributed by atoms with van der Waals surface area (Å²) in [6, 6.07) is 8.30. The summed E-state index contributed by atoms with van der Waals surface area (Å²) in [6.45, 7) is 6.10. The Morgan fingerprint density at radius 3 is 2.39 bits per heavy atom. The molecule has 23 heavy (non-hydrogen) atoms. The molecule has 2 rings (SSSR count). The fourth-order valence-electron chi connectivity index (χ4n) is 2.76. The molecule has 0 saturated carbocycles. The molecule has 7 heteroatoms. The number of primary amides is 1. The van der Waals surface area contributed by atoms with E-state index >= 15 is 0 Å². The van der Waals surface area contributed by atoms with Crippen LogP contribution in [0.5, 0.6) is 0 Å². The van der Waals surface area contributed by atoms with Crippen molar-refractivity contribution in [2.75, 3.05) is 49.1 Å². The minimum absolute atomic E-state index is 0.0879. The van der Waals surface area contributed by atoms with Gasteiger partial charge in [0, 0.05) is 44.8 Å². The van der Waals surface area contributed by atoms with E-state index in [1.807, 2.05) is 12.1 Å². The zero-order valence-corrected chi connectivity index (χ0v) is 14.4. The molecule has 0 spiro atoms. The minimum atomic E-state index is -3.20. The van der Waals surface area contributed by atoms with Crippen molar-refractivity contribution in [2.45, 2.75) is 13.3 Å². The topological polar surface area (TPSA) is 83.7 Å². The van der Waals surface area contributed by atoms with Gasteiger partial charge in [-0.15, -0.1) is 0 Å². The quantitative estimate of drug-likeness (QED) is 0.778. The Morgan fingerprint density at radius 1 is 1.13 bits per heavy atom. The second-order valence-corrected chi connectivity index (χ2v) is 8.29. The first kappa shape index (κ1) is 17.7. The van der Waals surface area contributed by atoms with E-state index in [0.29, 0.717) is 6.54 Å². The second-order valence-electron chi connectivity index (χ2n) is 5.98. The van der Waals surface area contributed by atoms with Crippen molar-refractivity contribution >= 4 is 21.4 Å². The smallest absolute Gasteiger partial charge is 0.218 e. The highest BCUT2D eigenvalue weighted by Crippen LogP contribution is 2.20. The number of nitrogens with two attached hydrogens (primary N) is 1. The Bertz CT molecular complexity index is 638. The lowest BCUT2D eigenvalue weighted by Crippen LogP contribution is -2.48. The van der Waals surface area contributed by atoms with E-state index < -0.39 is 15.7 Å². The molecule has 0 unspecified atom stereocenters. The average Bonchev–Trinajstić information content (AvgIpc) is 2.52. The lowest BCUT2D eigenvalue weighted by molar-refractivity contribution is -0.117. The van der Waals surface area contributed by atoms with E-state index in [-0.39, 0.29) is 17.9 Å². The van der Waals surface area contributed by atoms with E-state index in [9.17, 15) is 13.2 Å². The van der Waals surface area contributed by atoms with Gasteiger partial charge in [-0.25, -0.2) is 8.42 Å². The molecule has 128 valence electrons. The lowest BCUT2D eigenvalue weighted by atomic mass is 10.1. The number of carbonyl (C=O) groups excluding carboxylic acids is 1. The summed E-state index contributed by atoms with van der Waals surface area (Å²) in [5.74, 6) is -0.628. The molecule has 6 nitrogen and oxygen atoms in total. The van der Waals surface area contributed by atoms with Crippen molar-refractivity contribution < 1.29 is 13.2 Å².